The molecule has 5 aromatic carbocycles. The Hall–Kier alpha value is -8.69. The van der Waals surface area contributed by atoms with Gasteiger partial charge < -0.3 is 50.1 Å². The average Bonchev–Trinajstić information content (AvgIpc) is 3.19. The van der Waals surface area contributed by atoms with Crippen molar-refractivity contribution in [2.75, 3.05) is 11.1 Å². The van der Waals surface area contributed by atoms with Gasteiger partial charge in [0.15, 0.2) is 40.4 Å². The number of nitrogens with one attached hydrogen (secondary N) is 1. The number of aromatic hydroxyl groups is 2. The van der Waals surface area contributed by atoms with Crippen LogP contribution in [0.4, 0.5) is 44.7 Å². The molecule has 17 nitrogen and oxygen atoms in total. The number of carboxylic acids is 2. The second-order valence-electron chi connectivity index (χ2n) is 12.9. The van der Waals surface area contributed by atoms with Crippen molar-refractivity contribution in [1.82, 2.24) is 9.13 Å². The molecule has 0 spiro atoms. The van der Waals surface area contributed by atoms with Crippen LogP contribution in [0.2, 0.25) is 0 Å². The number of fused-ring (bicyclic) bond motifs is 4. The van der Waals surface area contributed by atoms with Crippen LogP contribution < -0.4 is 31.4 Å². The van der Waals surface area contributed by atoms with Gasteiger partial charge in [0.05, 0.1) is 50.2 Å². The summed E-state index contributed by atoms with van der Waals surface area (Å²) in [6, 6.07) is 8.44. The fraction of sp³-hybridized carbons (Fsp3) is 0. The van der Waals surface area contributed by atoms with Crippen molar-refractivity contribution >= 4 is 56.5 Å². The van der Waals surface area contributed by atoms with Crippen molar-refractivity contribution in [3.8, 4) is 45.9 Å². The average molecular weight is 832 g/mol. The van der Waals surface area contributed by atoms with E-state index < -0.39 is 96.3 Å². The largest absolute Gasteiger partial charge is 0.506 e. The number of carboxylic acid groups (broad SMARTS) is 2. The number of nitro groups is 1. The molecule has 0 bridgehead atoms. The maximum atomic E-state index is 14.6. The molecule has 22 heteroatoms. The van der Waals surface area contributed by atoms with Crippen LogP contribution in [0.5, 0.6) is 34.5 Å². The van der Waals surface area contributed by atoms with Crippen LogP contribution in [0.25, 0.3) is 33.2 Å². The Labute approximate surface area is 326 Å². The first-order valence-corrected chi connectivity index (χ1v) is 16.5. The summed E-state index contributed by atoms with van der Waals surface area (Å²) in [5, 5.41) is 51.4. The van der Waals surface area contributed by atoms with Crippen molar-refractivity contribution in [1.29, 1.82) is 0 Å². The molecule has 0 saturated heterocycles. The Balaban J connectivity index is 0.000000176. The molecule has 4 heterocycles. The van der Waals surface area contributed by atoms with Crippen molar-refractivity contribution in [2.45, 2.75) is 0 Å². The second-order valence-corrected chi connectivity index (χ2v) is 12.9. The molecule has 0 amide bonds. The molecule has 2 aliphatic heterocycles. The number of ether oxygens (including phenoxy) is 2. The van der Waals surface area contributed by atoms with Crippen LogP contribution >= 0.6 is 0 Å². The number of aromatic nitrogens is 2. The van der Waals surface area contributed by atoms with Crippen molar-refractivity contribution in [2.24, 2.45) is 0 Å². The third-order valence-electron chi connectivity index (χ3n) is 9.30. The SMILES string of the molecule is Nc1cc2c(cc1O)-n1cc(C(=O)O)c(=O)c3cc(F)c(F)c(c31)O2.O=C(O)c1cn2c3c(c(F)c(F)cc3c1=O)Oc1cc(Nc3ccc([N+](=O)[O-])cc3F)c(O)cc1-2. The number of phenols is 2. The number of hydrogen-bond donors (Lipinski definition) is 6. The molecule has 0 aliphatic carbocycles. The van der Waals surface area contributed by atoms with E-state index in [9.17, 15) is 71.7 Å². The Morgan fingerprint density at radius 2 is 1.17 bits per heavy atom. The molecule has 0 atom stereocenters. The van der Waals surface area contributed by atoms with Gasteiger partial charge in [0.1, 0.15) is 33.7 Å². The summed E-state index contributed by atoms with van der Waals surface area (Å²) in [4.78, 5) is 57.8. The highest BCUT2D eigenvalue weighted by Crippen LogP contribution is 2.47. The molecule has 7 aromatic rings. The third-order valence-corrected chi connectivity index (χ3v) is 9.30. The summed E-state index contributed by atoms with van der Waals surface area (Å²) < 4.78 is 84.2. The molecule has 0 radical (unpaired) electrons. The zero-order valence-electron chi connectivity index (χ0n) is 29.2. The number of non-ortho nitro benzene ring substituents is 1. The van der Waals surface area contributed by atoms with Gasteiger partial charge in [-0.3, -0.25) is 19.7 Å². The van der Waals surface area contributed by atoms with Crippen molar-refractivity contribution < 1.29 is 66.4 Å². The van der Waals surface area contributed by atoms with Crippen LogP contribution in [0.1, 0.15) is 20.7 Å². The lowest BCUT2D eigenvalue weighted by atomic mass is 10.1. The molecule has 9 rings (SSSR count). The Kier molecular flexibility index (Phi) is 8.57. The molecular weight excluding hydrogens is 813 g/mol. The lowest BCUT2D eigenvalue weighted by Crippen LogP contribution is -2.21. The van der Waals surface area contributed by atoms with Gasteiger partial charge in [0.2, 0.25) is 22.5 Å². The molecule has 2 aliphatic rings. The van der Waals surface area contributed by atoms with Gasteiger partial charge in [0.25, 0.3) is 5.69 Å². The highest BCUT2D eigenvalue weighted by Gasteiger charge is 2.31. The minimum Gasteiger partial charge on any atom is -0.506 e. The van der Waals surface area contributed by atoms with E-state index in [-0.39, 0.29) is 62.1 Å². The summed E-state index contributed by atoms with van der Waals surface area (Å²) in [6.07, 6.45) is 1.85. The number of nitrogens with zero attached hydrogens (tertiary/aromatic N) is 3. The number of pyridine rings is 2. The number of nitro benzene ring substituents is 1. The third kappa shape index (κ3) is 5.85. The molecule has 0 fully saturated rings. The second kappa shape index (κ2) is 13.5. The quantitative estimate of drug-likeness (QED) is 0.0338. The lowest BCUT2D eigenvalue weighted by molar-refractivity contribution is -0.385. The number of carbonyl (C=O) groups is 2. The zero-order chi connectivity index (χ0) is 43.2. The van der Waals surface area contributed by atoms with Crippen LogP contribution in [0.3, 0.4) is 0 Å². The van der Waals surface area contributed by atoms with E-state index in [1.807, 2.05) is 0 Å². The zero-order valence-corrected chi connectivity index (χ0v) is 29.2. The topological polar surface area (TPSA) is 259 Å². The minimum atomic E-state index is -1.61. The maximum absolute atomic E-state index is 14.6. The van der Waals surface area contributed by atoms with E-state index >= 15 is 0 Å². The first-order chi connectivity index (χ1) is 28.4. The van der Waals surface area contributed by atoms with E-state index in [1.54, 1.807) is 0 Å². The smallest absolute Gasteiger partial charge is 0.341 e. The Morgan fingerprint density at radius 3 is 1.63 bits per heavy atom. The fourth-order valence-corrected chi connectivity index (χ4v) is 6.53. The maximum Gasteiger partial charge on any atom is 0.341 e. The number of halogens is 5. The van der Waals surface area contributed by atoms with E-state index in [0.29, 0.717) is 18.2 Å². The summed E-state index contributed by atoms with van der Waals surface area (Å²) >= 11 is 0. The van der Waals surface area contributed by atoms with Gasteiger partial charge in [0, 0.05) is 42.7 Å². The summed E-state index contributed by atoms with van der Waals surface area (Å²) in [5.41, 5.74) is 0.844. The normalized spacial score (nSPS) is 11.8. The number of nitrogens with two attached hydrogens (primary N) is 1. The molecule has 0 saturated carbocycles. The monoisotopic (exact) mass is 831 g/mol. The highest BCUT2D eigenvalue weighted by molar-refractivity contribution is 5.98. The van der Waals surface area contributed by atoms with Gasteiger partial charge in [-0.2, -0.15) is 8.78 Å². The number of hydrogen-bond acceptors (Lipinski definition) is 12. The van der Waals surface area contributed by atoms with Crippen LogP contribution in [0.15, 0.2) is 76.6 Å². The van der Waals surface area contributed by atoms with Crippen molar-refractivity contribution in [3.63, 3.8) is 0 Å². The van der Waals surface area contributed by atoms with Gasteiger partial charge in [-0.25, -0.2) is 22.8 Å². The summed E-state index contributed by atoms with van der Waals surface area (Å²) in [7, 11) is 0. The minimum absolute atomic E-state index is 0.0248. The fourth-order valence-electron chi connectivity index (χ4n) is 6.53. The highest BCUT2D eigenvalue weighted by atomic mass is 19.2. The van der Waals surface area contributed by atoms with Crippen LogP contribution in [-0.4, -0.2) is 46.4 Å². The van der Waals surface area contributed by atoms with E-state index in [4.69, 9.17) is 15.2 Å². The molecule has 0 unspecified atom stereocenters. The predicted molar refractivity (Wildman–Crippen MR) is 197 cm³/mol. The molecule has 2 aromatic heterocycles. The van der Waals surface area contributed by atoms with E-state index in [0.717, 1.165) is 45.8 Å². The first-order valence-electron chi connectivity index (χ1n) is 16.5. The van der Waals surface area contributed by atoms with Gasteiger partial charge in [-0.1, -0.05) is 0 Å². The van der Waals surface area contributed by atoms with Crippen molar-refractivity contribution in [3.05, 3.63) is 138 Å². The number of nitrogen functional groups attached to an aromatic ring is 1. The summed E-state index contributed by atoms with van der Waals surface area (Å²) in [5.74, 6) is -12.1. The van der Waals surface area contributed by atoms with E-state index in [2.05, 4.69) is 5.32 Å². The number of phenolic OH excluding ortho intramolecular Hbond substituents is 2. The number of anilines is 3. The van der Waals surface area contributed by atoms with Crippen LogP contribution in [-0.2, 0) is 0 Å². The number of aromatic carboxylic acids is 2. The van der Waals surface area contributed by atoms with Crippen LogP contribution in [0, 0.1) is 39.2 Å². The molecule has 302 valence electrons. The van der Waals surface area contributed by atoms with E-state index in [1.165, 1.54) is 12.1 Å². The van der Waals surface area contributed by atoms with Gasteiger partial charge in [-0.15, -0.1) is 0 Å². The van der Waals surface area contributed by atoms with Gasteiger partial charge in [-0.05, 0) is 18.2 Å². The van der Waals surface area contributed by atoms with Gasteiger partial charge >= 0.3 is 11.9 Å². The molecule has 60 heavy (non-hydrogen) atoms. The molecular formula is C38H18F5N5O12. The summed E-state index contributed by atoms with van der Waals surface area (Å²) in [6.45, 7) is 0. The first kappa shape index (κ1) is 38.2. The number of rotatable bonds is 5. The Bertz CT molecular complexity index is 3280. The predicted octanol–water partition coefficient (Wildman–Crippen LogP) is 6.93. The Morgan fingerprint density at radius 1 is 0.683 bits per heavy atom. The molecule has 7 N–H and O–H groups in total. The standard InChI is InChI=1S/C22H10F3N3O7.C16H8F2N2O5/c23-11-3-8(28(33)34)1-2-13(11)26-14-5-17-15(6-16(14)29)27-7-10(22(31)32)20(30)9-4-12(24)18(25)21(35-17)19(9)27;17-7-1-5-13-15(12(7)18)25-11-2-8(19)10(21)3-9(11)20(13)4-6(14(5)22)16(23)24/h1-7,26,29H,(H,31,32);1-4,21H,19H2,(H,23,24). The number of benzene rings is 5. The lowest BCUT2D eigenvalue weighted by Gasteiger charge is -2.25.